The molecule has 2 nitrogen and oxygen atoms in total. The molecule has 1 heterocycles. The molecule has 2 heteroatoms. The largest absolute Gasteiger partial charge is 0.311 e. The number of rotatable bonds is 9. The van der Waals surface area contributed by atoms with Crippen LogP contribution in [0.3, 0.4) is 0 Å². The van der Waals surface area contributed by atoms with Gasteiger partial charge in [-0.25, -0.2) is 0 Å². The highest BCUT2D eigenvalue weighted by atomic mass is 15.1. The molecule has 0 saturated carbocycles. The molecule has 0 aliphatic carbocycles. The Hall–Kier alpha value is -8.20. The summed E-state index contributed by atoms with van der Waals surface area (Å²) in [7, 11) is 0. The van der Waals surface area contributed by atoms with Gasteiger partial charge in [-0.3, -0.25) is 0 Å². The predicted octanol–water partition coefficient (Wildman–Crippen LogP) is 16.6. The van der Waals surface area contributed by atoms with Gasteiger partial charge in [0, 0.05) is 33.5 Å². The topological polar surface area (TPSA) is 8.17 Å². The zero-order chi connectivity index (χ0) is 77.8. The summed E-state index contributed by atoms with van der Waals surface area (Å²) in [6.45, 7) is 0. The monoisotopic (exact) mass is 833 g/mol. The van der Waals surface area contributed by atoms with Crippen LogP contribution in [0.4, 0.5) is 17.1 Å². The van der Waals surface area contributed by atoms with Crippen LogP contribution in [0, 0.1) is 0 Å². The quantitative estimate of drug-likeness (QED) is 0.141. The molecule has 11 aromatic rings. The first-order chi connectivity index (χ1) is 48.2. The van der Waals surface area contributed by atoms with Crippen LogP contribution in [0.5, 0.6) is 0 Å². The van der Waals surface area contributed by atoms with Crippen molar-refractivity contribution in [3.8, 4) is 61.3 Å². The number of anilines is 3. The fourth-order valence-electron chi connectivity index (χ4n) is 6.03. The highest BCUT2D eigenvalue weighted by molar-refractivity contribution is 6.09. The lowest BCUT2D eigenvalue weighted by Gasteiger charge is -2.26. The van der Waals surface area contributed by atoms with Gasteiger partial charge >= 0.3 is 0 Å². The first-order valence-electron chi connectivity index (χ1n) is 38.8. The van der Waals surface area contributed by atoms with E-state index in [0.717, 1.165) is 0 Å². The first-order valence-corrected chi connectivity index (χ1v) is 17.8. The molecule has 0 amide bonds. The van der Waals surface area contributed by atoms with Crippen molar-refractivity contribution in [1.29, 1.82) is 0 Å². The second-order valence-electron chi connectivity index (χ2n) is 12.5. The number of para-hydroxylation sites is 2. The predicted molar refractivity (Wildman–Crippen MR) is 263 cm³/mol. The highest BCUT2D eigenvalue weighted by Gasteiger charge is 2.15. The van der Waals surface area contributed by atoms with Gasteiger partial charge in [-0.1, -0.05) is 193 Å². The summed E-state index contributed by atoms with van der Waals surface area (Å²) in [4.78, 5) is 0.150. The molecule has 11 rings (SSSR count). The maximum absolute atomic E-state index is 9.74. The molecule has 0 N–H and O–H groups in total. The van der Waals surface area contributed by atoms with E-state index in [1.54, 1.807) is 0 Å². The van der Waals surface area contributed by atoms with E-state index in [4.69, 9.17) is 35.6 Å². The van der Waals surface area contributed by atoms with Crippen LogP contribution in [0.2, 0.25) is 0 Å². The molecule has 0 aliphatic rings. The van der Waals surface area contributed by atoms with Crippen molar-refractivity contribution >= 4 is 38.9 Å². The molecule has 292 valence electrons. The van der Waals surface area contributed by atoms with Gasteiger partial charge in [-0.05, 0) is 116 Å². The van der Waals surface area contributed by atoms with Gasteiger partial charge in [-0.2, -0.15) is 0 Å². The minimum absolute atomic E-state index is 0.150. The average Bonchev–Trinajstić information content (AvgIpc) is 1.46. The van der Waals surface area contributed by atoms with Crippen molar-refractivity contribution in [2.24, 2.45) is 0 Å². The van der Waals surface area contributed by atoms with Crippen LogP contribution < -0.4 is 4.90 Å². The summed E-state index contributed by atoms with van der Waals surface area (Å²) in [5.74, 6) is 0. The normalized spacial score (nSPS) is 20.7. The Morgan fingerprint density at radius 3 is 0.806 bits per heavy atom. The van der Waals surface area contributed by atoms with E-state index in [9.17, 15) is 21.9 Å². The average molecular weight is 833 g/mol. The minimum Gasteiger partial charge on any atom is -0.311 e. The van der Waals surface area contributed by atoms with Crippen LogP contribution >= 0.6 is 0 Å². The molecule has 0 saturated heterocycles. The molecule has 0 bridgehead atoms. The van der Waals surface area contributed by atoms with Gasteiger partial charge in [-0.15, -0.1) is 0 Å². The third-order valence-electron chi connectivity index (χ3n) is 8.87. The standard InChI is InChI=1S/C60H42N2/c1-3-11-43(12-4-1)45-19-23-47(24-20-45)49-27-35-53(36-28-49)61(54-37-29-50(30-38-54)48-25-21-46(22-26-48)44-13-5-2-6-14-44)55-39-31-51(32-40-55)52-33-41-56(42-34-52)62-59-17-9-7-15-57(59)58-16-8-10-18-60(58)62/h1-42H/i1D,2D,3D,4D,5D,6D,7D,8D,9D,10D,11D,12D,13D,14D,15D,16D,17D,18D,19D,20D,21D,22D,23D,24D,25D,26D,27D,28D,29D,30D,31D,32D,33D,34D,35D,36D,37D,38D,39D,40D,41D,42D. The zero-order valence-corrected chi connectivity index (χ0v) is 30.9. The van der Waals surface area contributed by atoms with E-state index in [-0.39, 0.29) is 4.90 Å². The number of nitrogens with zero attached hydrogens (tertiary/aromatic N) is 2. The van der Waals surface area contributed by atoms with Crippen LogP contribution in [0.1, 0.15) is 57.6 Å². The molecule has 0 atom stereocenters. The van der Waals surface area contributed by atoms with E-state index in [1.807, 2.05) is 0 Å². The van der Waals surface area contributed by atoms with E-state index in [2.05, 4.69) is 0 Å². The Morgan fingerprint density at radius 2 is 0.484 bits per heavy atom. The Kier molecular flexibility index (Phi) is 3.48. The van der Waals surface area contributed by atoms with Gasteiger partial charge in [0.2, 0.25) is 0 Å². The maximum Gasteiger partial charge on any atom is 0.0645 e. The molecule has 0 unspecified atom stereocenters. The SMILES string of the molecule is [2H]c1c([2H])c([2H])c(-c2c([2H])c([2H])c(-c3c([2H])c([2H])c(N(c4c([2H])c([2H])c(-c5c([2H])c([2H])c(-c6c([2H])c([2H])c([2H])c([2H])c6[2H])c([2H])c5[2H])c([2H])c4[2H])c4c([2H])c([2H])c(-c5c([2H])c([2H])c(-n6c7c([2H])c([2H])c([2H])c([2H])c7c7c([2H])c([2H])c([2H])c([2H])c76)c([2H])c5[2H])c([2H])c4[2H])c([2H])c3[2H])c([2H])c2[2H])c([2H])c1[2H]. The molecular formula is C60H42N2. The molecule has 0 fully saturated rings. The molecule has 0 aliphatic heterocycles. The molecule has 0 spiro atoms. The maximum atomic E-state index is 9.74. The third kappa shape index (κ3) is 7.04. The second kappa shape index (κ2) is 16.1. The summed E-state index contributed by atoms with van der Waals surface area (Å²) >= 11 is 0. The Bertz CT molecular complexity index is 5320. The number of hydrogen-bond acceptors (Lipinski definition) is 1. The van der Waals surface area contributed by atoms with Gasteiger partial charge in [0.05, 0.1) is 68.6 Å². The zero-order valence-electron chi connectivity index (χ0n) is 72.9. The van der Waals surface area contributed by atoms with Gasteiger partial charge in [0.25, 0.3) is 0 Å². The summed E-state index contributed by atoms with van der Waals surface area (Å²) in [5.41, 5.74) is -16.2. The second-order valence-corrected chi connectivity index (χ2v) is 12.5. The molecule has 1 aromatic heterocycles. The van der Waals surface area contributed by atoms with Crippen LogP contribution in [-0.2, 0) is 0 Å². The summed E-state index contributed by atoms with van der Waals surface area (Å²) in [6, 6.07) is -48.0. The number of benzene rings is 10. The lowest BCUT2D eigenvalue weighted by Crippen LogP contribution is -2.09. The number of aromatic nitrogens is 1. The van der Waals surface area contributed by atoms with E-state index in [1.165, 1.54) is 0 Å². The van der Waals surface area contributed by atoms with Crippen molar-refractivity contribution in [1.82, 2.24) is 4.57 Å². The minimum atomic E-state index is -1.47. The highest BCUT2D eigenvalue weighted by Crippen LogP contribution is 2.39. The fourth-order valence-corrected chi connectivity index (χ4v) is 6.03. The van der Waals surface area contributed by atoms with E-state index < -0.39 is 354 Å². The van der Waals surface area contributed by atoms with Crippen LogP contribution in [-0.4, -0.2) is 4.57 Å². The molecular weight excluding hydrogens is 749 g/mol. The van der Waals surface area contributed by atoms with Crippen molar-refractivity contribution < 1.29 is 57.6 Å². The summed E-state index contributed by atoms with van der Waals surface area (Å²) < 4.78 is 379. The lowest BCUT2D eigenvalue weighted by molar-refractivity contribution is 1.18. The smallest absolute Gasteiger partial charge is 0.0645 e. The summed E-state index contributed by atoms with van der Waals surface area (Å²) in [5, 5.41) is -1.09. The number of fused-ring (bicyclic) bond motifs is 3. The molecule has 0 radical (unpaired) electrons. The van der Waals surface area contributed by atoms with Gasteiger partial charge in [0.15, 0.2) is 0 Å². The Morgan fingerprint density at radius 1 is 0.242 bits per heavy atom. The van der Waals surface area contributed by atoms with E-state index in [0.29, 0.717) is 4.57 Å². The first kappa shape index (κ1) is 13.4. The third-order valence-corrected chi connectivity index (χ3v) is 8.87. The van der Waals surface area contributed by atoms with E-state index >= 15 is 0 Å². The Labute approximate surface area is 421 Å². The van der Waals surface area contributed by atoms with Gasteiger partial charge in [0.1, 0.15) is 0 Å². The lowest BCUT2D eigenvalue weighted by atomic mass is 9.99. The number of hydrogen-bond donors (Lipinski definition) is 0. The molecule has 10 aromatic carbocycles. The van der Waals surface area contributed by atoms with Crippen LogP contribution in [0.25, 0.3) is 83.1 Å². The van der Waals surface area contributed by atoms with Crippen molar-refractivity contribution in [2.75, 3.05) is 4.90 Å². The summed E-state index contributed by atoms with van der Waals surface area (Å²) in [6.07, 6.45) is 0. The van der Waals surface area contributed by atoms with Crippen molar-refractivity contribution in [2.45, 2.75) is 0 Å². The molecule has 62 heavy (non-hydrogen) atoms. The van der Waals surface area contributed by atoms with Crippen molar-refractivity contribution in [3.05, 3.63) is 254 Å². The fraction of sp³-hybridized carbons (Fsp3) is 0. The van der Waals surface area contributed by atoms with Crippen molar-refractivity contribution in [3.63, 3.8) is 0 Å². The Balaban J connectivity index is 1.22. The van der Waals surface area contributed by atoms with Crippen LogP contribution in [0.15, 0.2) is 254 Å². The van der Waals surface area contributed by atoms with Gasteiger partial charge < -0.3 is 9.47 Å².